The van der Waals surface area contributed by atoms with E-state index in [2.05, 4.69) is 54.9 Å². The van der Waals surface area contributed by atoms with Crippen LogP contribution in [0.1, 0.15) is 27.8 Å². The van der Waals surface area contributed by atoms with Crippen molar-refractivity contribution < 1.29 is 0 Å². The van der Waals surface area contributed by atoms with Crippen molar-refractivity contribution in [2.24, 2.45) is 0 Å². The van der Waals surface area contributed by atoms with E-state index in [1.54, 1.807) is 0 Å². The van der Waals surface area contributed by atoms with E-state index in [9.17, 15) is 0 Å². The predicted octanol–water partition coefficient (Wildman–Crippen LogP) is 4.76. The number of aromatic nitrogens is 3. The first-order chi connectivity index (χ1) is 14.5. The second kappa shape index (κ2) is 7.10. The molecular weight excluding hydrogens is 370 g/mol. The summed E-state index contributed by atoms with van der Waals surface area (Å²) in [5.74, 6) is 1.20. The number of nitrogens with two attached hydrogens (primary N) is 1. The van der Waals surface area contributed by atoms with Gasteiger partial charge < -0.3 is 10.6 Å². The number of fused-ring (bicyclic) bond motifs is 2. The van der Waals surface area contributed by atoms with E-state index in [0.717, 1.165) is 47.2 Å². The molecule has 150 valence electrons. The predicted molar refractivity (Wildman–Crippen MR) is 123 cm³/mol. The van der Waals surface area contributed by atoms with Gasteiger partial charge in [-0.2, -0.15) is 4.98 Å². The smallest absolute Gasteiger partial charge is 0.228 e. The van der Waals surface area contributed by atoms with E-state index < -0.39 is 0 Å². The van der Waals surface area contributed by atoms with Gasteiger partial charge in [-0.3, -0.25) is 4.98 Å². The van der Waals surface area contributed by atoms with Crippen LogP contribution in [0.4, 0.5) is 11.8 Å². The fourth-order valence-corrected chi connectivity index (χ4v) is 4.49. The van der Waals surface area contributed by atoms with E-state index in [-0.39, 0.29) is 0 Å². The third-order valence-corrected chi connectivity index (χ3v) is 6.23. The Hall–Kier alpha value is -3.47. The first-order valence-electron chi connectivity index (χ1n) is 10.3. The normalized spacial score (nSPS) is 13.5. The van der Waals surface area contributed by atoms with Crippen LogP contribution in [0, 0.1) is 20.8 Å². The molecule has 1 aliphatic rings. The minimum absolute atomic E-state index is 0.508. The standard InChI is InChI=1S/C25H25N5/c1-15-7-6-8-18-14-30(12-10-19(15)18)25-28-21-13-16(2)17(3)22(23(21)24(26)29-25)20-9-4-5-11-27-20/h4-9,11,13H,10,12,14H2,1-3H3,(H2,26,28,29). The SMILES string of the molecule is Cc1cc2nc(N3CCc4c(C)cccc4C3)nc(N)c2c(-c2ccccn2)c1C. The molecule has 2 aromatic heterocycles. The van der Waals surface area contributed by atoms with E-state index in [4.69, 9.17) is 15.7 Å². The Balaban J connectivity index is 1.64. The molecule has 5 rings (SSSR count). The van der Waals surface area contributed by atoms with Crippen molar-refractivity contribution in [2.75, 3.05) is 17.2 Å². The summed E-state index contributed by atoms with van der Waals surface area (Å²) in [4.78, 5) is 16.5. The largest absolute Gasteiger partial charge is 0.383 e. The summed E-state index contributed by atoms with van der Waals surface area (Å²) in [5, 5.41) is 0.883. The van der Waals surface area contributed by atoms with Crippen molar-refractivity contribution in [3.05, 3.63) is 76.5 Å². The van der Waals surface area contributed by atoms with Gasteiger partial charge >= 0.3 is 0 Å². The number of hydrogen-bond acceptors (Lipinski definition) is 5. The monoisotopic (exact) mass is 395 g/mol. The highest BCUT2D eigenvalue weighted by Crippen LogP contribution is 2.36. The Morgan fingerprint density at radius 2 is 1.83 bits per heavy atom. The fraction of sp³-hybridized carbons (Fsp3) is 0.240. The maximum Gasteiger partial charge on any atom is 0.228 e. The van der Waals surface area contributed by atoms with Crippen molar-refractivity contribution in [1.29, 1.82) is 0 Å². The van der Waals surface area contributed by atoms with Crippen LogP contribution in [0.15, 0.2) is 48.7 Å². The lowest BCUT2D eigenvalue weighted by Gasteiger charge is -2.30. The van der Waals surface area contributed by atoms with E-state index in [0.29, 0.717) is 11.8 Å². The molecule has 2 aromatic carbocycles. The average Bonchev–Trinajstić information content (AvgIpc) is 2.75. The summed E-state index contributed by atoms with van der Waals surface area (Å²) in [6, 6.07) is 14.5. The molecule has 0 radical (unpaired) electrons. The van der Waals surface area contributed by atoms with Crippen LogP contribution in [0.5, 0.6) is 0 Å². The first kappa shape index (κ1) is 18.6. The number of benzene rings is 2. The van der Waals surface area contributed by atoms with Crippen LogP contribution in [0.2, 0.25) is 0 Å². The Kier molecular flexibility index (Phi) is 4.39. The summed E-state index contributed by atoms with van der Waals surface area (Å²) in [7, 11) is 0. The van der Waals surface area contributed by atoms with E-state index >= 15 is 0 Å². The van der Waals surface area contributed by atoms with Crippen LogP contribution >= 0.6 is 0 Å². The number of aryl methyl sites for hydroxylation is 2. The molecular formula is C25H25N5. The summed E-state index contributed by atoms with van der Waals surface area (Å²) >= 11 is 0. The van der Waals surface area contributed by atoms with E-state index in [1.807, 2.05) is 24.4 Å². The quantitative estimate of drug-likeness (QED) is 0.530. The van der Waals surface area contributed by atoms with Crippen molar-refractivity contribution in [3.63, 3.8) is 0 Å². The molecule has 0 bridgehead atoms. The second-order valence-corrected chi connectivity index (χ2v) is 8.10. The number of anilines is 2. The molecule has 30 heavy (non-hydrogen) atoms. The van der Waals surface area contributed by atoms with Gasteiger partial charge in [0.05, 0.1) is 16.6 Å². The molecule has 3 heterocycles. The molecule has 0 spiro atoms. The van der Waals surface area contributed by atoms with Crippen LogP contribution in [-0.2, 0) is 13.0 Å². The minimum atomic E-state index is 0.508. The maximum atomic E-state index is 6.53. The highest BCUT2D eigenvalue weighted by molar-refractivity contribution is 6.03. The Bertz CT molecular complexity index is 1260. The first-order valence-corrected chi connectivity index (χ1v) is 10.3. The molecule has 0 fully saturated rings. The van der Waals surface area contributed by atoms with Gasteiger partial charge in [0.2, 0.25) is 5.95 Å². The lowest BCUT2D eigenvalue weighted by atomic mass is 9.95. The molecule has 0 saturated heterocycles. The summed E-state index contributed by atoms with van der Waals surface area (Å²) in [6.07, 6.45) is 2.80. The third-order valence-electron chi connectivity index (χ3n) is 6.23. The molecule has 1 aliphatic heterocycles. The highest BCUT2D eigenvalue weighted by atomic mass is 15.3. The minimum Gasteiger partial charge on any atom is -0.383 e. The van der Waals surface area contributed by atoms with Gasteiger partial charge in [0.15, 0.2) is 0 Å². The second-order valence-electron chi connectivity index (χ2n) is 8.10. The Labute approximate surface area is 176 Å². The summed E-state index contributed by atoms with van der Waals surface area (Å²) in [5.41, 5.74) is 15.8. The molecule has 0 amide bonds. The molecule has 0 unspecified atom stereocenters. The Morgan fingerprint density at radius 1 is 0.967 bits per heavy atom. The number of pyridine rings is 1. The van der Waals surface area contributed by atoms with Gasteiger partial charge in [-0.25, -0.2) is 4.98 Å². The maximum absolute atomic E-state index is 6.53. The number of hydrogen-bond donors (Lipinski definition) is 1. The van der Waals surface area contributed by atoms with Gasteiger partial charge in [-0.1, -0.05) is 24.3 Å². The van der Waals surface area contributed by atoms with Crippen LogP contribution < -0.4 is 10.6 Å². The molecule has 5 heteroatoms. The molecule has 0 atom stereocenters. The zero-order valence-electron chi connectivity index (χ0n) is 17.6. The number of nitrogen functional groups attached to an aromatic ring is 1. The Morgan fingerprint density at radius 3 is 2.63 bits per heavy atom. The zero-order valence-corrected chi connectivity index (χ0v) is 17.6. The van der Waals surface area contributed by atoms with Crippen LogP contribution in [0.25, 0.3) is 22.2 Å². The van der Waals surface area contributed by atoms with Crippen molar-refractivity contribution >= 4 is 22.7 Å². The molecule has 0 saturated carbocycles. The van der Waals surface area contributed by atoms with Gasteiger partial charge in [0.25, 0.3) is 0 Å². The van der Waals surface area contributed by atoms with Crippen molar-refractivity contribution in [2.45, 2.75) is 33.7 Å². The average molecular weight is 396 g/mol. The number of nitrogens with zero attached hydrogens (tertiary/aromatic N) is 4. The van der Waals surface area contributed by atoms with Gasteiger partial charge in [-0.05, 0) is 73.2 Å². The molecule has 5 nitrogen and oxygen atoms in total. The fourth-order valence-electron chi connectivity index (χ4n) is 4.49. The topological polar surface area (TPSA) is 67.9 Å². The summed E-state index contributed by atoms with van der Waals surface area (Å²) in [6.45, 7) is 8.10. The lowest BCUT2D eigenvalue weighted by molar-refractivity contribution is 0.707. The van der Waals surface area contributed by atoms with Crippen LogP contribution in [0.3, 0.4) is 0 Å². The number of rotatable bonds is 2. The molecule has 0 aliphatic carbocycles. The highest BCUT2D eigenvalue weighted by Gasteiger charge is 2.22. The summed E-state index contributed by atoms with van der Waals surface area (Å²) < 4.78 is 0. The van der Waals surface area contributed by atoms with Gasteiger partial charge in [0, 0.05) is 24.8 Å². The van der Waals surface area contributed by atoms with Gasteiger partial charge in [-0.15, -0.1) is 0 Å². The van der Waals surface area contributed by atoms with Gasteiger partial charge in [0.1, 0.15) is 5.82 Å². The zero-order chi connectivity index (χ0) is 20.8. The van der Waals surface area contributed by atoms with Crippen molar-refractivity contribution in [1.82, 2.24) is 15.0 Å². The van der Waals surface area contributed by atoms with Crippen LogP contribution in [-0.4, -0.2) is 21.5 Å². The van der Waals surface area contributed by atoms with E-state index in [1.165, 1.54) is 22.3 Å². The molecule has 2 N–H and O–H groups in total. The van der Waals surface area contributed by atoms with Crippen molar-refractivity contribution in [3.8, 4) is 11.3 Å². The third kappa shape index (κ3) is 2.98. The lowest BCUT2D eigenvalue weighted by Crippen LogP contribution is -2.32. The molecule has 4 aromatic rings.